The maximum absolute atomic E-state index is 13.8. The molecular formula is C15H24FN3O. The molecule has 1 aliphatic rings. The van der Waals surface area contributed by atoms with Gasteiger partial charge in [0.1, 0.15) is 0 Å². The molecule has 0 bridgehead atoms. The van der Waals surface area contributed by atoms with Crippen LogP contribution in [0.15, 0.2) is 12.1 Å². The Balaban J connectivity index is 2.26. The number of hydrogen-bond donors (Lipinski definition) is 1. The predicted molar refractivity (Wildman–Crippen MR) is 80.9 cm³/mol. The quantitative estimate of drug-likeness (QED) is 0.860. The molecule has 1 heterocycles. The van der Waals surface area contributed by atoms with Crippen molar-refractivity contribution in [3.63, 3.8) is 0 Å². The number of anilines is 2. The molecular weight excluding hydrogens is 257 g/mol. The molecule has 2 rings (SSSR count). The average Bonchev–Trinajstić information content (AvgIpc) is 2.39. The van der Waals surface area contributed by atoms with E-state index in [9.17, 15) is 4.39 Å². The van der Waals surface area contributed by atoms with Crippen molar-refractivity contribution in [3.8, 4) is 5.75 Å². The largest absolute Gasteiger partial charge is 0.490 e. The highest BCUT2D eigenvalue weighted by Crippen LogP contribution is 2.33. The van der Waals surface area contributed by atoms with Gasteiger partial charge < -0.3 is 20.3 Å². The van der Waals surface area contributed by atoms with E-state index in [4.69, 9.17) is 10.5 Å². The smallest absolute Gasteiger partial charge is 0.167 e. The van der Waals surface area contributed by atoms with Gasteiger partial charge in [0.15, 0.2) is 11.6 Å². The average molecular weight is 281 g/mol. The van der Waals surface area contributed by atoms with Gasteiger partial charge in [-0.3, -0.25) is 0 Å². The molecule has 1 aromatic carbocycles. The number of hydrogen-bond acceptors (Lipinski definition) is 4. The van der Waals surface area contributed by atoms with Crippen molar-refractivity contribution < 1.29 is 9.13 Å². The zero-order valence-electron chi connectivity index (χ0n) is 12.5. The van der Waals surface area contributed by atoms with Gasteiger partial charge in [0.05, 0.1) is 18.0 Å². The van der Waals surface area contributed by atoms with Crippen LogP contribution in [0.1, 0.15) is 20.3 Å². The van der Waals surface area contributed by atoms with E-state index in [0.29, 0.717) is 24.1 Å². The number of halogens is 1. The van der Waals surface area contributed by atoms with Gasteiger partial charge in [-0.2, -0.15) is 0 Å². The van der Waals surface area contributed by atoms with Gasteiger partial charge in [0.2, 0.25) is 0 Å². The Morgan fingerprint density at radius 1 is 1.40 bits per heavy atom. The highest BCUT2D eigenvalue weighted by molar-refractivity contribution is 5.70. The minimum atomic E-state index is -0.388. The second kappa shape index (κ2) is 6.31. The highest BCUT2D eigenvalue weighted by atomic mass is 19.1. The van der Waals surface area contributed by atoms with Crippen molar-refractivity contribution in [1.82, 2.24) is 4.90 Å². The second-order valence-corrected chi connectivity index (χ2v) is 5.49. The standard InChI is InChI=1S/C15H24FN3O/c1-4-7-20-15-9-14(13(17)8-12(15)16)19-6-5-18(3)10-11(19)2/h8-9,11H,4-7,10,17H2,1-3H3. The Labute approximate surface area is 120 Å². The van der Waals surface area contributed by atoms with Crippen LogP contribution in [0, 0.1) is 5.82 Å². The minimum Gasteiger partial charge on any atom is -0.490 e. The van der Waals surface area contributed by atoms with Crippen LogP contribution < -0.4 is 15.4 Å². The Hall–Kier alpha value is -1.49. The predicted octanol–water partition coefficient (Wildman–Crippen LogP) is 2.34. The first-order valence-electron chi connectivity index (χ1n) is 7.20. The number of nitrogens with two attached hydrogens (primary N) is 1. The van der Waals surface area contributed by atoms with Crippen LogP contribution in [0.3, 0.4) is 0 Å². The molecule has 0 aliphatic carbocycles. The van der Waals surface area contributed by atoms with Gasteiger partial charge in [-0.1, -0.05) is 6.92 Å². The van der Waals surface area contributed by atoms with Crippen molar-refractivity contribution in [1.29, 1.82) is 0 Å². The van der Waals surface area contributed by atoms with Gasteiger partial charge in [-0.05, 0) is 20.4 Å². The first-order valence-corrected chi connectivity index (χ1v) is 7.20. The van der Waals surface area contributed by atoms with Crippen molar-refractivity contribution in [2.45, 2.75) is 26.3 Å². The molecule has 0 amide bonds. The van der Waals surface area contributed by atoms with Gasteiger partial charge in [0, 0.05) is 37.8 Å². The van der Waals surface area contributed by atoms with Crippen LogP contribution in [-0.2, 0) is 0 Å². The third-order valence-corrected chi connectivity index (χ3v) is 3.68. The van der Waals surface area contributed by atoms with E-state index in [1.54, 1.807) is 6.07 Å². The first kappa shape index (κ1) is 14.9. The fourth-order valence-electron chi connectivity index (χ4n) is 2.63. The van der Waals surface area contributed by atoms with Crippen LogP contribution in [-0.4, -0.2) is 44.2 Å². The van der Waals surface area contributed by atoms with E-state index < -0.39 is 0 Å². The summed E-state index contributed by atoms with van der Waals surface area (Å²) in [7, 11) is 2.11. The fraction of sp³-hybridized carbons (Fsp3) is 0.600. The van der Waals surface area contributed by atoms with E-state index in [1.807, 2.05) is 6.92 Å². The minimum absolute atomic E-state index is 0.294. The van der Waals surface area contributed by atoms with E-state index in [0.717, 1.165) is 31.7 Å². The van der Waals surface area contributed by atoms with Crippen molar-refractivity contribution in [2.75, 3.05) is 43.9 Å². The number of rotatable bonds is 4. The lowest BCUT2D eigenvalue weighted by atomic mass is 10.1. The van der Waals surface area contributed by atoms with Gasteiger partial charge in [0.25, 0.3) is 0 Å². The summed E-state index contributed by atoms with van der Waals surface area (Å²) in [5, 5.41) is 0. The second-order valence-electron chi connectivity index (χ2n) is 5.49. The Bertz CT molecular complexity index is 467. The highest BCUT2D eigenvalue weighted by Gasteiger charge is 2.24. The summed E-state index contributed by atoms with van der Waals surface area (Å²) < 4.78 is 19.3. The molecule has 1 atom stereocenters. The third-order valence-electron chi connectivity index (χ3n) is 3.68. The molecule has 1 unspecified atom stereocenters. The summed E-state index contributed by atoms with van der Waals surface area (Å²) in [6.45, 7) is 7.51. The normalized spacial score (nSPS) is 20.2. The number of piperazine rings is 1. The van der Waals surface area contributed by atoms with Crippen molar-refractivity contribution in [3.05, 3.63) is 17.9 Å². The van der Waals surface area contributed by atoms with Crippen LogP contribution in [0.5, 0.6) is 5.75 Å². The molecule has 1 fully saturated rings. The van der Waals surface area contributed by atoms with Crippen LogP contribution in [0.25, 0.3) is 0 Å². The molecule has 1 saturated heterocycles. The van der Waals surface area contributed by atoms with E-state index in [2.05, 4.69) is 23.8 Å². The molecule has 0 aromatic heterocycles. The lowest BCUT2D eigenvalue weighted by Crippen LogP contribution is -2.50. The van der Waals surface area contributed by atoms with E-state index in [1.165, 1.54) is 6.07 Å². The maximum Gasteiger partial charge on any atom is 0.167 e. The maximum atomic E-state index is 13.8. The molecule has 0 radical (unpaired) electrons. The number of benzene rings is 1. The lowest BCUT2D eigenvalue weighted by Gasteiger charge is -2.40. The van der Waals surface area contributed by atoms with Crippen LogP contribution in [0.2, 0.25) is 0 Å². The summed E-state index contributed by atoms with van der Waals surface area (Å²) in [6, 6.07) is 3.45. The number of ether oxygens (including phenoxy) is 1. The molecule has 112 valence electrons. The van der Waals surface area contributed by atoms with Crippen LogP contribution in [0.4, 0.5) is 15.8 Å². The zero-order chi connectivity index (χ0) is 14.7. The van der Waals surface area contributed by atoms with Gasteiger partial charge >= 0.3 is 0 Å². The molecule has 1 aliphatic heterocycles. The Kier molecular flexibility index (Phi) is 4.70. The van der Waals surface area contributed by atoms with Crippen molar-refractivity contribution >= 4 is 11.4 Å². The van der Waals surface area contributed by atoms with E-state index >= 15 is 0 Å². The molecule has 5 heteroatoms. The van der Waals surface area contributed by atoms with Gasteiger partial charge in [-0.15, -0.1) is 0 Å². The Morgan fingerprint density at radius 3 is 2.80 bits per heavy atom. The molecule has 0 saturated carbocycles. The summed E-state index contributed by atoms with van der Waals surface area (Å²) in [4.78, 5) is 4.52. The monoisotopic (exact) mass is 281 g/mol. The zero-order valence-corrected chi connectivity index (χ0v) is 12.5. The Morgan fingerprint density at radius 2 is 2.15 bits per heavy atom. The first-order chi connectivity index (χ1) is 9.52. The number of likely N-dealkylation sites (N-methyl/N-ethyl adjacent to an activating group) is 1. The summed E-state index contributed by atoms with van der Waals surface area (Å²) >= 11 is 0. The summed E-state index contributed by atoms with van der Waals surface area (Å²) in [5.41, 5.74) is 7.34. The van der Waals surface area contributed by atoms with Crippen molar-refractivity contribution in [2.24, 2.45) is 0 Å². The molecule has 20 heavy (non-hydrogen) atoms. The molecule has 0 spiro atoms. The molecule has 4 nitrogen and oxygen atoms in total. The van der Waals surface area contributed by atoms with Crippen LogP contribution >= 0.6 is 0 Å². The SMILES string of the molecule is CCCOc1cc(N2CCN(C)CC2C)c(N)cc1F. The third kappa shape index (κ3) is 3.15. The lowest BCUT2D eigenvalue weighted by molar-refractivity contribution is 0.275. The number of nitrogens with zero attached hydrogens (tertiary/aromatic N) is 2. The summed E-state index contributed by atoms with van der Waals surface area (Å²) in [5.74, 6) is -0.0938. The fourth-order valence-corrected chi connectivity index (χ4v) is 2.63. The molecule has 1 aromatic rings. The topological polar surface area (TPSA) is 41.7 Å². The molecule has 2 N–H and O–H groups in total. The number of nitrogen functional groups attached to an aromatic ring is 1. The van der Waals surface area contributed by atoms with Gasteiger partial charge in [-0.25, -0.2) is 4.39 Å². The summed E-state index contributed by atoms with van der Waals surface area (Å²) in [6.07, 6.45) is 0.851. The van der Waals surface area contributed by atoms with E-state index in [-0.39, 0.29) is 5.82 Å².